The highest BCUT2D eigenvalue weighted by atomic mass is 32.1. The largest absolute Gasteiger partial charge is 0.497 e. The Labute approximate surface area is 174 Å². The van der Waals surface area contributed by atoms with Gasteiger partial charge in [0.2, 0.25) is 0 Å². The molecule has 2 aliphatic rings. The van der Waals surface area contributed by atoms with E-state index in [1.165, 1.54) is 5.56 Å². The van der Waals surface area contributed by atoms with Gasteiger partial charge in [-0.05, 0) is 42.0 Å². The Morgan fingerprint density at radius 3 is 2.62 bits per heavy atom. The highest BCUT2D eigenvalue weighted by molar-refractivity contribution is 7.80. The molecular formula is C22H20N4O2S. The van der Waals surface area contributed by atoms with Crippen molar-refractivity contribution in [1.82, 2.24) is 14.5 Å². The number of anilines is 1. The third-order valence-electron chi connectivity index (χ3n) is 5.58. The quantitative estimate of drug-likeness (QED) is 0.626. The van der Waals surface area contributed by atoms with E-state index < -0.39 is 0 Å². The van der Waals surface area contributed by atoms with Crippen LogP contribution in [0, 0.1) is 0 Å². The number of thiocarbonyl (C=S) groups is 1. The first-order valence-corrected chi connectivity index (χ1v) is 9.92. The average Bonchev–Trinajstić information content (AvgIpc) is 3.26. The molecule has 1 fully saturated rings. The molecule has 3 heterocycles. The molecule has 1 atom stereocenters. The van der Waals surface area contributed by atoms with Crippen molar-refractivity contribution < 1.29 is 9.53 Å². The van der Waals surface area contributed by atoms with Gasteiger partial charge in [0.25, 0.3) is 5.91 Å². The summed E-state index contributed by atoms with van der Waals surface area (Å²) in [6.45, 7) is 1.30. The first kappa shape index (κ1) is 17.9. The molecule has 1 saturated heterocycles. The van der Waals surface area contributed by atoms with Gasteiger partial charge in [-0.1, -0.05) is 30.3 Å². The Morgan fingerprint density at radius 1 is 1.14 bits per heavy atom. The lowest BCUT2D eigenvalue weighted by molar-refractivity contribution is -0.120. The number of imidazole rings is 1. The molecule has 6 nitrogen and oxygen atoms in total. The molecule has 0 spiro atoms. The second-order valence-corrected chi connectivity index (χ2v) is 7.62. The predicted molar refractivity (Wildman–Crippen MR) is 114 cm³/mol. The zero-order chi connectivity index (χ0) is 20.0. The number of aromatic nitrogens is 2. The van der Waals surface area contributed by atoms with Crippen molar-refractivity contribution in [3.63, 3.8) is 0 Å². The summed E-state index contributed by atoms with van der Waals surface area (Å²) in [7, 11) is 1.62. The molecule has 0 N–H and O–H groups in total. The summed E-state index contributed by atoms with van der Waals surface area (Å²) in [4.78, 5) is 21.5. The maximum Gasteiger partial charge on any atom is 0.256 e. The Bertz CT molecular complexity index is 1080. The number of methoxy groups -OCH3 is 1. The number of carbonyl (C=O) groups is 1. The Balaban J connectivity index is 1.42. The third-order valence-corrected chi connectivity index (χ3v) is 6.00. The number of nitrogens with zero attached hydrogens (tertiary/aromatic N) is 4. The Morgan fingerprint density at radius 2 is 1.90 bits per heavy atom. The van der Waals surface area contributed by atoms with Crippen LogP contribution < -0.4 is 9.64 Å². The van der Waals surface area contributed by atoms with E-state index in [-0.39, 0.29) is 11.9 Å². The van der Waals surface area contributed by atoms with Crippen molar-refractivity contribution in [1.29, 1.82) is 0 Å². The van der Waals surface area contributed by atoms with Crippen molar-refractivity contribution in [2.75, 3.05) is 12.0 Å². The fourth-order valence-corrected chi connectivity index (χ4v) is 4.45. The molecule has 29 heavy (non-hydrogen) atoms. The number of rotatable bonds is 4. The van der Waals surface area contributed by atoms with E-state index in [4.69, 9.17) is 17.0 Å². The van der Waals surface area contributed by atoms with Gasteiger partial charge in [0.1, 0.15) is 11.8 Å². The summed E-state index contributed by atoms with van der Waals surface area (Å²) in [6, 6.07) is 17.4. The van der Waals surface area contributed by atoms with Crippen LogP contribution in [0.2, 0.25) is 0 Å². The predicted octanol–water partition coefficient (Wildman–Crippen LogP) is 3.00. The lowest BCUT2D eigenvalue weighted by Crippen LogP contribution is -2.40. The molecule has 2 aromatic carbocycles. The van der Waals surface area contributed by atoms with Gasteiger partial charge in [-0.2, -0.15) is 0 Å². The summed E-state index contributed by atoms with van der Waals surface area (Å²) >= 11 is 5.66. The molecule has 0 bridgehead atoms. The highest BCUT2D eigenvalue weighted by Gasteiger charge is 2.46. The summed E-state index contributed by atoms with van der Waals surface area (Å²) < 4.78 is 7.36. The summed E-state index contributed by atoms with van der Waals surface area (Å²) in [5.74, 6) is 0.758. The zero-order valence-electron chi connectivity index (χ0n) is 16.0. The molecule has 0 saturated carbocycles. The van der Waals surface area contributed by atoms with Crippen LogP contribution in [-0.4, -0.2) is 38.6 Å². The van der Waals surface area contributed by atoms with Crippen LogP contribution in [0.5, 0.6) is 5.75 Å². The maximum absolute atomic E-state index is 13.2. The van der Waals surface area contributed by atoms with Gasteiger partial charge in [-0.3, -0.25) is 9.69 Å². The minimum atomic E-state index is -0.289. The van der Waals surface area contributed by atoms with Crippen molar-refractivity contribution in [3.8, 4) is 5.75 Å². The smallest absolute Gasteiger partial charge is 0.256 e. The molecule has 5 rings (SSSR count). The Kier molecular flexibility index (Phi) is 4.32. The highest BCUT2D eigenvalue weighted by Crippen LogP contribution is 2.33. The number of carbonyl (C=O) groups excluding carboxylic acids is 1. The fraction of sp³-hybridized carbons (Fsp3) is 0.227. The molecule has 1 amide bonds. The fourth-order valence-electron chi connectivity index (χ4n) is 4.06. The van der Waals surface area contributed by atoms with Crippen LogP contribution in [0.4, 0.5) is 5.69 Å². The summed E-state index contributed by atoms with van der Waals surface area (Å²) in [5, 5.41) is 0.536. The van der Waals surface area contributed by atoms with Gasteiger partial charge >= 0.3 is 0 Å². The minimum absolute atomic E-state index is 0.0123. The number of hydrogen-bond acceptors (Lipinski definition) is 4. The molecular weight excluding hydrogens is 384 g/mol. The number of benzene rings is 2. The van der Waals surface area contributed by atoms with Crippen LogP contribution in [0.1, 0.15) is 17.0 Å². The molecule has 3 aromatic rings. The van der Waals surface area contributed by atoms with E-state index in [1.54, 1.807) is 12.0 Å². The zero-order valence-corrected chi connectivity index (χ0v) is 16.8. The van der Waals surface area contributed by atoms with Gasteiger partial charge in [0, 0.05) is 18.7 Å². The standard InChI is InChI=1S/C22H20N4O2S/c1-28-17-9-7-16(8-10-17)26-21(27)20-11-19-18(13-25(20)22(26)29)23-14-24(19)12-15-5-3-2-4-6-15/h2-10,14,20H,11-13H2,1H3. The molecule has 7 heteroatoms. The van der Waals surface area contributed by atoms with E-state index in [0.29, 0.717) is 18.1 Å². The topological polar surface area (TPSA) is 50.6 Å². The van der Waals surface area contributed by atoms with Crippen molar-refractivity contribution >= 4 is 28.9 Å². The maximum atomic E-state index is 13.2. The third kappa shape index (κ3) is 2.98. The van der Waals surface area contributed by atoms with Gasteiger partial charge in [-0.25, -0.2) is 4.98 Å². The minimum Gasteiger partial charge on any atom is -0.497 e. The molecule has 0 aliphatic carbocycles. The molecule has 0 radical (unpaired) electrons. The van der Waals surface area contributed by atoms with Crippen LogP contribution in [0.15, 0.2) is 60.9 Å². The van der Waals surface area contributed by atoms with E-state index in [2.05, 4.69) is 21.7 Å². The van der Waals surface area contributed by atoms with E-state index in [1.807, 2.05) is 53.7 Å². The molecule has 1 unspecified atom stereocenters. The van der Waals surface area contributed by atoms with Crippen molar-refractivity contribution in [3.05, 3.63) is 77.9 Å². The average molecular weight is 404 g/mol. The number of amides is 1. The normalized spacial score (nSPS) is 18.0. The first-order valence-electron chi connectivity index (χ1n) is 9.51. The summed E-state index contributed by atoms with van der Waals surface area (Å²) in [5.41, 5.74) is 4.08. The molecule has 2 aliphatic heterocycles. The van der Waals surface area contributed by atoms with Gasteiger partial charge < -0.3 is 14.2 Å². The van der Waals surface area contributed by atoms with Crippen LogP contribution in [0.25, 0.3) is 0 Å². The first-order chi connectivity index (χ1) is 14.2. The van der Waals surface area contributed by atoms with E-state index in [9.17, 15) is 4.79 Å². The Hall–Kier alpha value is -3.19. The van der Waals surface area contributed by atoms with Gasteiger partial charge in [-0.15, -0.1) is 0 Å². The number of ether oxygens (including phenoxy) is 1. The summed E-state index contributed by atoms with van der Waals surface area (Å²) in [6.07, 6.45) is 2.47. The SMILES string of the molecule is COc1ccc(N2C(=O)C3Cc4c(ncn4Cc4ccccc4)CN3C2=S)cc1. The van der Waals surface area contributed by atoms with Crippen molar-refractivity contribution in [2.45, 2.75) is 25.6 Å². The van der Waals surface area contributed by atoms with E-state index >= 15 is 0 Å². The lowest BCUT2D eigenvalue weighted by Gasteiger charge is -2.28. The number of fused-ring (bicyclic) bond motifs is 2. The molecule has 146 valence electrons. The monoisotopic (exact) mass is 404 g/mol. The number of hydrogen-bond donors (Lipinski definition) is 0. The van der Waals surface area contributed by atoms with E-state index in [0.717, 1.165) is 29.4 Å². The van der Waals surface area contributed by atoms with Crippen LogP contribution >= 0.6 is 12.2 Å². The lowest BCUT2D eigenvalue weighted by atomic mass is 10.0. The van der Waals surface area contributed by atoms with Gasteiger partial charge in [0.05, 0.1) is 31.4 Å². The second kappa shape index (κ2) is 7.00. The second-order valence-electron chi connectivity index (χ2n) is 7.25. The van der Waals surface area contributed by atoms with Crippen LogP contribution in [-0.2, 0) is 24.3 Å². The van der Waals surface area contributed by atoms with Gasteiger partial charge in [0.15, 0.2) is 5.11 Å². The van der Waals surface area contributed by atoms with Crippen molar-refractivity contribution in [2.24, 2.45) is 0 Å². The van der Waals surface area contributed by atoms with Crippen LogP contribution in [0.3, 0.4) is 0 Å². The molecule has 1 aromatic heterocycles.